The van der Waals surface area contributed by atoms with Crippen LogP contribution in [-0.4, -0.2) is 35.0 Å². The molecule has 0 aromatic carbocycles. The summed E-state index contributed by atoms with van der Waals surface area (Å²) in [6.07, 6.45) is 3.95. The lowest BCUT2D eigenvalue weighted by molar-refractivity contribution is 0.377. The standard InChI is InChI=1S/C15H25BrN4O/c1-5-11-9-19(12(6-2)7-17-11)13-8-18-20(10(3)4)15(21)14(13)16/h8,10-12,17H,5-7,9H2,1-4H3. The molecule has 0 bridgehead atoms. The summed E-state index contributed by atoms with van der Waals surface area (Å²) >= 11 is 3.50. The van der Waals surface area contributed by atoms with Crippen LogP contribution in [0.1, 0.15) is 46.6 Å². The summed E-state index contributed by atoms with van der Waals surface area (Å²) in [5.41, 5.74) is 0.868. The Morgan fingerprint density at radius 1 is 1.43 bits per heavy atom. The second kappa shape index (κ2) is 6.92. The number of nitrogens with zero attached hydrogens (tertiary/aromatic N) is 3. The topological polar surface area (TPSA) is 50.2 Å². The Bertz CT molecular complexity index is 543. The van der Waals surface area contributed by atoms with Crippen molar-refractivity contribution < 1.29 is 0 Å². The van der Waals surface area contributed by atoms with Crippen molar-refractivity contribution in [2.24, 2.45) is 0 Å². The third-order valence-corrected chi connectivity index (χ3v) is 4.93. The van der Waals surface area contributed by atoms with Crippen LogP contribution < -0.4 is 15.8 Å². The van der Waals surface area contributed by atoms with Crippen LogP contribution in [0, 0.1) is 0 Å². The SMILES string of the molecule is CCC1CN(c2cnn(C(C)C)c(=O)c2Br)C(CC)CN1. The fraction of sp³-hybridized carbons (Fsp3) is 0.733. The van der Waals surface area contributed by atoms with Crippen LogP contribution in [-0.2, 0) is 0 Å². The average molecular weight is 357 g/mol. The maximum Gasteiger partial charge on any atom is 0.283 e. The van der Waals surface area contributed by atoms with Crippen molar-refractivity contribution in [2.45, 2.75) is 58.7 Å². The molecule has 0 spiro atoms. The van der Waals surface area contributed by atoms with E-state index in [2.05, 4.69) is 45.1 Å². The maximum absolute atomic E-state index is 12.4. The van der Waals surface area contributed by atoms with Crippen LogP contribution in [0.4, 0.5) is 5.69 Å². The fourth-order valence-electron chi connectivity index (χ4n) is 2.80. The Morgan fingerprint density at radius 3 is 2.71 bits per heavy atom. The quantitative estimate of drug-likeness (QED) is 0.900. The summed E-state index contributed by atoms with van der Waals surface area (Å²) in [4.78, 5) is 14.8. The third kappa shape index (κ3) is 3.31. The molecule has 0 aliphatic carbocycles. The summed E-state index contributed by atoms with van der Waals surface area (Å²) in [6, 6.07) is 0.934. The van der Waals surface area contributed by atoms with Gasteiger partial charge >= 0.3 is 0 Å². The molecule has 1 aliphatic heterocycles. The average Bonchev–Trinajstić information content (AvgIpc) is 2.49. The lowest BCUT2D eigenvalue weighted by Gasteiger charge is -2.41. The summed E-state index contributed by atoms with van der Waals surface area (Å²) in [5.74, 6) is 0. The minimum absolute atomic E-state index is 0.0519. The molecule has 0 saturated carbocycles. The van der Waals surface area contributed by atoms with Crippen LogP contribution in [0.5, 0.6) is 0 Å². The van der Waals surface area contributed by atoms with Crippen LogP contribution in [0.25, 0.3) is 0 Å². The highest BCUT2D eigenvalue weighted by Crippen LogP contribution is 2.27. The Balaban J connectivity index is 2.39. The van der Waals surface area contributed by atoms with Gasteiger partial charge in [0.2, 0.25) is 0 Å². The molecule has 21 heavy (non-hydrogen) atoms. The van der Waals surface area contributed by atoms with Gasteiger partial charge in [-0.15, -0.1) is 0 Å². The van der Waals surface area contributed by atoms with Crippen molar-refractivity contribution in [3.8, 4) is 0 Å². The number of hydrogen-bond acceptors (Lipinski definition) is 4. The molecule has 1 aromatic rings. The number of piperazine rings is 1. The second-order valence-corrected chi connectivity index (χ2v) is 6.71. The van der Waals surface area contributed by atoms with Gasteiger partial charge in [0, 0.05) is 25.2 Å². The molecule has 1 saturated heterocycles. The van der Waals surface area contributed by atoms with E-state index in [-0.39, 0.29) is 11.6 Å². The van der Waals surface area contributed by atoms with Gasteiger partial charge in [-0.05, 0) is 42.6 Å². The van der Waals surface area contributed by atoms with Gasteiger partial charge in [-0.3, -0.25) is 4.79 Å². The minimum Gasteiger partial charge on any atom is -0.363 e. The highest BCUT2D eigenvalue weighted by molar-refractivity contribution is 9.10. The highest BCUT2D eigenvalue weighted by atomic mass is 79.9. The van der Waals surface area contributed by atoms with Crippen LogP contribution >= 0.6 is 15.9 Å². The first-order valence-corrected chi connectivity index (χ1v) is 8.56. The molecule has 2 unspecified atom stereocenters. The van der Waals surface area contributed by atoms with Crippen molar-refractivity contribution in [1.82, 2.24) is 15.1 Å². The first-order chi connectivity index (χ1) is 9.99. The number of hydrogen-bond donors (Lipinski definition) is 1. The van der Waals surface area contributed by atoms with E-state index in [0.717, 1.165) is 31.6 Å². The molecule has 0 radical (unpaired) electrons. The molecule has 1 aliphatic rings. The molecular weight excluding hydrogens is 332 g/mol. The zero-order chi connectivity index (χ0) is 15.6. The maximum atomic E-state index is 12.4. The molecule has 1 aromatic heterocycles. The van der Waals surface area contributed by atoms with Gasteiger partial charge in [-0.1, -0.05) is 13.8 Å². The van der Waals surface area contributed by atoms with Crippen LogP contribution in [0.15, 0.2) is 15.5 Å². The van der Waals surface area contributed by atoms with E-state index in [1.807, 2.05) is 20.0 Å². The molecule has 2 rings (SSSR count). The van der Waals surface area contributed by atoms with E-state index in [9.17, 15) is 4.79 Å². The van der Waals surface area contributed by atoms with Crippen molar-refractivity contribution in [3.63, 3.8) is 0 Å². The van der Waals surface area contributed by atoms with E-state index in [1.165, 1.54) is 4.68 Å². The summed E-state index contributed by atoms with van der Waals surface area (Å²) in [6.45, 7) is 10.2. The number of nitrogens with one attached hydrogen (secondary N) is 1. The van der Waals surface area contributed by atoms with Gasteiger partial charge in [0.1, 0.15) is 4.47 Å². The van der Waals surface area contributed by atoms with Crippen molar-refractivity contribution in [1.29, 1.82) is 0 Å². The minimum atomic E-state index is -0.0519. The van der Waals surface area contributed by atoms with E-state index in [4.69, 9.17) is 0 Å². The number of rotatable bonds is 4. The Kier molecular flexibility index (Phi) is 5.43. The van der Waals surface area contributed by atoms with E-state index in [1.54, 1.807) is 0 Å². The molecule has 118 valence electrons. The summed E-state index contributed by atoms with van der Waals surface area (Å²) < 4.78 is 2.15. The zero-order valence-electron chi connectivity index (χ0n) is 13.3. The smallest absolute Gasteiger partial charge is 0.283 e. The van der Waals surface area contributed by atoms with Gasteiger partial charge in [0.05, 0.1) is 17.9 Å². The van der Waals surface area contributed by atoms with E-state index < -0.39 is 0 Å². The van der Waals surface area contributed by atoms with Gasteiger partial charge in [0.15, 0.2) is 0 Å². The van der Waals surface area contributed by atoms with E-state index in [0.29, 0.717) is 16.6 Å². The zero-order valence-corrected chi connectivity index (χ0v) is 14.9. The Hall–Kier alpha value is -0.880. The van der Waals surface area contributed by atoms with Gasteiger partial charge in [-0.2, -0.15) is 5.10 Å². The highest BCUT2D eigenvalue weighted by Gasteiger charge is 2.28. The summed E-state index contributed by atoms with van der Waals surface area (Å²) in [5, 5.41) is 7.92. The monoisotopic (exact) mass is 356 g/mol. The largest absolute Gasteiger partial charge is 0.363 e. The van der Waals surface area contributed by atoms with Crippen molar-refractivity contribution in [3.05, 3.63) is 21.0 Å². The van der Waals surface area contributed by atoms with Gasteiger partial charge < -0.3 is 10.2 Å². The molecule has 0 amide bonds. The lowest BCUT2D eigenvalue weighted by Crippen LogP contribution is -2.56. The first-order valence-electron chi connectivity index (χ1n) is 7.76. The number of anilines is 1. The van der Waals surface area contributed by atoms with E-state index >= 15 is 0 Å². The third-order valence-electron chi connectivity index (χ3n) is 4.19. The molecule has 5 nitrogen and oxygen atoms in total. The number of halogens is 1. The Morgan fingerprint density at radius 2 is 2.14 bits per heavy atom. The lowest BCUT2D eigenvalue weighted by atomic mass is 10.0. The van der Waals surface area contributed by atoms with Gasteiger partial charge in [0.25, 0.3) is 5.56 Å². The van der Waals surface area contributed by atoms with Gasteiger partial charge in [-0.25, -0.2) is 4.68 Å². The Labute approximate surface area is 134 Å². The predicted molar refractivity (Wildman–Crippen MR) is 90.1 cm³/mol. The normalized spacial score (nSPS) is 22.9. The fourth-order valence-corrected chi connectivity index (χ4v) is 3.31. The van der Waals surface area contributed by atoms with Crippen LogP contribution in [0.2, 0.25) is 0 Å². The summed E-state index contributed by atoms with van der Waals surface area (Å²) in [7, 11) is 0. The molecule has 2 heterocycles. The predicted octanol–water partition coefficient (Wildman–Crippen LogP) is 2.55. The molecule has 6 heteroatoms. The first kappa shape index (κ1) is 16.5. The van der Waals surface area contributed by atoms with Crippen LogP contribution in [0.3, 0.4) is 0 Å². The van der Waals surface area contributed by atoms with Crippen molar-refractivity contribution >= 4 is 21.6 Å². The number of aromatic nitrogens is 2. The molecule has 1 fully saturated rings. The molecular formula is C15H25BrN4O. The van der Waals surface area contributed by atoms with Crippen molar-refractivity contribution in [2.75, 3.05) is 18.0 Å². The molecule has 1 N–H and O–H groups in total. The molecule has 2 atom stereocenters. The second-order valence-electron chi connectivity index (χ2n) is 5.92.